The number of carbonyl (C=O) groups excluding carboxylic acids is 1. The number of benzene rings is 2. The summed E-state index contributed by atoms with van der Waals surface area (Å²) in [6.07, 6.45) is 3.21. The van der Waals surface area contributed by atoms with E-state index in [1.54, 1.807) is 44.7 Å². The lowest BCUT2D eigenvalue weighted by molar-refractivity contribution is 0.102. The zero-order valence-electron chi connectivity index (χ0n) is 15.2. The Balaban J connectivity index is 1.72. The highest BCUT2D eigenvalue weighted by molar-refractivity contribution is 6.05. The molecule has 0 atom stereocenters. The third kappa shape index (κ3) is 4.76. The molecule has 3 aromatic rings. The second-order valence-electron chi connectivity index (χ2n) is 5.82. The molecular weight excluding hydrogens is 342 g/mol. The quantitative estimate of drug-likeness (QED) is 0.665. The van der Waals surface area contributed by atoms with E-state index in [1.165, 1.54) is 6.20 Å². The number of rotatable bonds is 7. The Labute approximate surface area is 158 Å². The summed E-state index contributed by atoms with van der Waals surface area (Å²) >= 11 is 0. The van der Waals surface area contributed by atoms with E-state index < -0.39 is 0 Å². The van der Waals surface area contributed by atoms with Gasteiger partial charge >= 0.3 is 0 Å². The Morgan fingerprint density at radius 3 is 2.56 bits per heavy atom. The van der Waals surface area contributed by atoms with Crippen LogP contribution in [0.1, 0.15) is 15.9 Å². The molecule has 6 nitrogen and oxygen atoms in total. The molecule has 1 amide bonds. The van der Waals surface area contributed by atoms with Gasteiger partial charge in [0.1, 0.15) is 11.5 Å². The monoisotopic (exact) mass is 363 g/mol. The van der Waals surface area contributed by atoms with Crippen molar-refractivity contribution in [1.82, 2.24) is 4.98 Å². The van der Waals surface area contributed by atoms with Crippen molar-refractivity contribution < 1.29 is 14.3 Å². The number of pyridine rings is 1. The van der Waals surface area contributed by atoms with Gasteiger partial charge in [0.15, 0.2) is 0 Å². The van der Waals surface area contributed by atoms with Gasteiger partial charge in [-0.1, -0.05) is 30.3 Å². The number of nitrogens with one attached hydrogen (secondary N) is 2. The molecule has 0 spiro atoms. The number of amides is 1. The standard InChI is InChI=1S/C21H21N3O3/c1-26-18-8-9-20(27-2)19(11-18)24-21(25)16-10-17(14-22-13-16)23-12-15-6-4-3-5-7-15/h3-11,13-14,23H,12H2,1-2H3,(H,24,25). The largest absolute Gasteiger partial charge is 0.497 e. The number of hydrogen-bond donors (Lipinski definition) is 2. The van der Waals surface area contributed by atoms with Crippen LogP contribution in [0.5, 0.6) is 11.5 Å². The summed E-state index contributed by atoms with van der Waals surface area (Å²) in [7, 11) is 3.12. The summed E-state index contributed by atoms with van der Waals surface area (Å²) in [5.41, 5.74) is 2.89. The second kappa shape index (κ2) is 8.71. The maximum absolute atomic E-state index is 12.6. The molecule has 1 heterocycles. The molecule has 0 saturated carbocycles. The Hall–Kier alpha value is -3.54. The first-order chi connectivity index (χ1) is 13.2. The highest BCUT2D eigenvalue weighted by atomic mass is 16.5. The zero-order chi connectivity index (χ0) is 19.1. The minimum absolute atomic E-state index is 0.280. The molecule has 0 aliphatic heterocycles. The van der Waals surface area contributed by atoms with E-state index in [1.807, 2.05) is 30.3 Å². The minimum Gasteiger partial charge on any atom is -0.497 e. The van der Waals surface area contributed by atoms with E-state index in [2.05, 4.69) is 15.6 Å². The molecule has 27 heavy (non-hydrogen) atoms. The predicted octanol–water partition coefficient (Wildman–Crippen LogP) is 3.96. The van der Waals surface area contributed by atoms with Crippen molar-refractivity contribution in [2.75, 3.05) is 24.9 Å². The normalized spacial score (nSPS) is 10.1. The molecule has 0 radical (unpaired) electrons. The van der Waals surface area contributed by atoms with Crippen LogP contribution in [-0.2, 0) is 6.54 Å². The first kappa shape index (κ1) is 18.3. The van der Waals surface area contributed by atoms with Gasteiger partial charge in [0.2, 0.25) is 0 Å². The van der Waals surface area contributed by atoms with Crippen molar-refractivity contribution in [3.05, 3.63) is 78.1 Å². The van der Waals surface area contributed by atoms with Gasteiger partial charge in [0.25, 0.3) is 5.91 Å². The van der Waals surface area contributed by atoms with Gasteiger partial charge in [-0.3, -0.25) is 9.78 Å². The van der Waals surface area contributed by atoms with Gasteiger partial charge in [0, 0.05) is 25.0 Å². The number of methoxy groups -OCH3 is 2. The Morgan fingerprint density at radius 2 is 1.81 bits per heavy atom. The molecule has 6 heteroatoms. The van der Waals surface area contributed by atoms with Crippen LogP contribution in [0.3, 0.4) is 0 Å². The Kier molecular flexibility index (Phi) is 5.89. The lowest BCUT2D eigenvalue weighted by Crippen LogP contribution is -2.13. The van der Waals surface area contributed by atoms with Crippen LogP contribution in [0.4, 0.5) is 11.4 Å². The lowest BCUT2D eigenvalue weighted by atomic mass is 10.2. The molecule has 1 aromatic heterocycles. The van der Waals surface area contributed by atoms with Gasteiger partial charge in [-0.2, -0.15) is 0 Å². The van der Waals surface area contributed by atoms with Crippen molar-refractivity contribution in [3.8, 4) is 11.5 Å². The predicted molar refractivity (Wildman–Crippen MR) is 106 cm³/mol. The van der Waals surface area contributed by atoms with Gasteiger partial charge in [0.05, 0.1) is 31.2 Å². The molecule has 2 aromatic carbocycles. The Morgan fingerprint density at radius 1 is 1.00 bits per heavy atom. The topological polar surface area (TPSA) is 72.5 Å². The van der Waals surface area contributed by atoms with E-state index in [9.17, 15) is 4.79 Å². The van der Waals surface area contributed by atoms with Crippen molar-refractivity contribution in [3.63, 3.8) is 0 Å². The average Bonchev–Trinajstić information content (AvgIpc) is 2.73. The van der Waals surface area contributed by atoms with E-state index in [0.29, 0.717) is 29.3 Å². The first-order valence-corrected chi connectivity index (χ1v) is 8.46. The molecule has 0 fully saturated rings. The summed E-state index contributed by atoms with van der Waals surface area (Å²) in [4.78, 5) is 16.8. The number of nitrogens with zero attached hydrogens (tertiary/aromatic N) is 1. The van der Waals surface area contributed by atoms with Crippen molar-refractivity contribution in [1.29, 1.82) is 0 Å². The smallest absolute Gasteiger partial charge is 0.257 e. The lowest BCUT2D eigenvalue weighted by Gasteiger charge is -2.12. The number of hydrogen-bond acceptors (Lipinski definition) is 5. The fraction of sp³-hybridized carbons (Fsp3) is 0.143. The molecule has 0 aliphatic rings. The number of aromatic nitrogens is 1. The molecule has 0 saturated heterocycles. The Bertz CT molecular complexity index is 914. The van der Waals surface area contributed by atoms with E-state index in [-0.39, 0.29) is 5.91 Å². The van der Waals surface area contributed by atoms with E-state index in [0.717, 1.165) is 11.3 Å². The fourth-order valence-electron chi connectivity index (χ4n) is 2.57. The third-order valence-electron chi connectivity index (χ3n) is 3.99. The van der Waals surface area contributed by atoms with Crippen molar-refractivity contribution in [2.45, 2.75) is 6.54 Å². The molecule has 3 rings (SSSR count). The van der Waals surface area contributed by atoms with Gasteiger partial charge in [-0.15, -0.1) is 0 Å². The van der Waals surface area contributed by atoms with Gasteiger partial charge in [-0.25, -0.2) is 0 Å². The number of anilines is 2. The highest BCUT2D eigenvalue weighted by Crippen LogP contribution is 2.29. The van der Waals surface area contributed by atoms with E-state index in [4.69, 9.17) is 9.47 Å². The highest BCUT2D eigenvalue weighted by Gasteiger charge is 2.12. The van der Waals surface area contributed by atoms with Crippen LogP contribution < -0.4 is 20.1 Å². The van der Waals surface area contributed by atoms with Gasteiger partial charge < -0.3 is 20.1 Å². The summed E-state index contributed by atoms with van der Waals surface area (Å²) in [6.45, 7) is 0.650. The fourth-order valence-corrected chi connectivity index (χ4v) is 2.57. The van der Waals surface area contributed by atoms with Crippen LogP contribution >= 0.6 is 0 Å². The first-order valence-electron chi connectivity index (χ1n) is 8.46. The van der Waals surface area contributed by atoms with Gasteiger partial charge in [-0.05, 0) is 23.8 Å². The number of ether oxygens (including phenoxy) is 2. The summed E-state index contributed by atoms with van der Waals surface area (Å²) in [5, 5.41) is 6.12. The summed E-state index contributed by atoms with van der Waals surface area (Å²) in [6, 6.07) is 17.0. The van der Waals surface area contributed by atoms with E-state index >= 15 is 0 Å². The molecule has 0 unspecified atom stereocenters. The summed E-state index contributed by atoms with van der Waals surface area (Å²) in [5.74, 6) is 0.899. The molecular formula is C21H21N3O3. The van der Waals surface area contributed by atoms with Crippen LogP contribution in [0.25, 0.3) is 0 Å². The molecule has 138 valence electrons. The average molecular weight is 363 g/mol. The molecule has 0 aliphatic carbocycles. The second-order valence-corrected chi connectivity index (χ2v) is 5.82. The minimum atomic E-state index is -0.280. The van der Waals surface area contributed by atoms with Crippen LogP contribution in [-0.4, -0.2) is 25.1 Å². The zero-order valence-corrected chi connectivity index (χ0v) is 15.2. The third-order valence-corrected chi connectivity index (χ3v) is 3.99. The van der Waals surface area contributed by atoms with Crippen LogP contribution in [0.15, 0.2) is 67.0 Å². The molecule has 0 bridgehead atoms. The molecule has 2 N–H and O–H groups in total. The van der Waals surface area contributed by atoms with Crippen molar-refractivity contribution in [2.24, 2.45) is 0 Å². The van der Waals surface area contributed by atoms with Crippen LogP contribution in [0, 0.1) is 0 Å². The summed E-state index contributed by atoms with van der Waals surface area (Å²) < 4.78 is 10.5. The number of carbonyl (C=O) groups is 1. The maximum atomic E-state index is 12.6. The van der Waals surface area contributed by atoms with Crippen LogP contribution in [0.2, 0.25) is 0 Å². The van der Waals surface area contributed by atoms with Crippen molar-refractivity contribution >= 4 is 17.3 Å². The maximum Gasteiger partial charge on any atom is 0.257 e. The SMILES string of the molecule is COc1ccc(OC)c(NC(=O)c2cncc(NCc3ccccc3)c2)c1.